The Kier molecular flexibility index (Phi) is 6.15. The minimum atomic E-state index is -0.529. The zero-order valence-electron chi connectivity index (χ0n) is 14.8. The minimum absolute atomic E-state index is 0.138. The molecule has 0 bridgehead atoms. The number of nitrogens with zero attached hydrogens (tertiary/aromatic N) is 2. The zero-order valence-corrected chi connectivity index (χ0v) is 14.8. The number of carbonyl (C=O) groups is 1. The number of carbonyl (C=O) groups excluding carboxylic acids is 1. The number of hydrogen-bond acceptors (Lipinski definition) is 3. The van der Waals surface area contributed by atoms with Gasteiger partial charge in [0.05, 0.1) is 12.6 Å². The van der Waals surface area contributed by atoms with E-state index in [1.807, 2.05) is 33.0 Å². The van der Waals surface area contributed by atoms with Crippen LogP contribution in [0.15, 0.2) is 42.7 Å². The Labute approximate surface area is 144 Å². The smallest absolute Gasteiger partial charge is 0.237 e. The zero-order chi connectivity index (χ0) is 17.6. The first-order valence-corrected chi connectivity index (χ1v) is 8.45. The first-order valence-electron chi connectivity index (χ1n) is 8.45. The number of aromatic nitrogens is 2. The molecule has 0 aliphatic heterocycles. The van der Waals surface area contributed by atoms with Gasteiger partial charge in [0.15, 0.2) is 0 Å². The summed E-state index contributed by atoms with van der Waals surface area (Å²) in [5.74, 6) is 0.721. The van der Waals surface area contributed by atoms with Gasteiger partial charge in [0.25, 0.3) is 0 Å². The lowest BCUT2D eigenvalue weighted by Crippen LogP contribution is -2.48. The molecule has 0 unspecified atom stereocenters. The van der Waals surface area contributed by atoms with E-state index in [9.17, 15) is 4.79 Å². The summed E-state index contributed by atoms with van der Waals surface area (Å²) in [5, 5.41) is 2.89. The maximum Gasteiger partial charge on any atom is 0.237 e. The van der Waals surface area contributed by atoms with Gasteiger partial charge in [-0.25, -0.2) is 4.98 Å². The van der Waals surface area contributed by atoms with Crippen molar-refractivity contribution in [3.05, 3.63) is 54.1 Å². The van der Waals surface area contributed by atoms with E-state index >= 15 is 0 Å². The lowest BCUT2D eigenvalue weighted by atomic mass is 9.87. The van der Waals surface area contributed by atoms with Crippen molar-refractivity contribution in [1.82, 2.24) is 14.9 Å². The lowest BCUT2D eigenvalue weighted by molar-refractivity contribution is -0.124. The second-order valence-electron chi connectivity index (χ2n) is 7.19. The number of nitrogens with two attached hydrogens (primary N) is 1. The molecule has 0 fully saturated rings. The summed E-state index contributed by atoms with van der Waals surface area (Å²) in [6, 6.07) is 9.91. The summed E-state index contributed by atoms with van der Waals surface area (Å²) >= 11 is 0. The van der Waals surface area contributed by atoms with Crippen LogP contribution in [0.5, 0.6) is 0 Å². The van der Waals surface area contributed by atoms with Crippen LogP contribution in [-0.2, 0) is 24.3 Å². The number of aryl methyl sites for hydroxylation is 2. The number of hydrogen-bond donors (Lipinski definition) is 2. The maximum absolute atomic E-state index is 12.1. The van der Waals surface area contributed by atoms with Crippen LogP contribution in [0.3, 0.4) is 0 Å². The SMILES string of the molecule is CC(C)(C)[C@H](N)C(=O)NCc1nccn1CCCc1ccccc1. The van der Waals surface area contributed by atoms with E-state index in [2.05, 4.69) is 39.1 Å². The van der Waals surface area contributed by atoms with Crippen molar-refractivity contribution >= 4 is 5.91 Å². The third-order valence-electron chi connectivity index (χ3n) is 4.15. The van der Waals surface area contributed by atoms with E-state index in [1.54, 1.807) is 6.20 Å². The van der Waals surface area contributed by atoms with E-state index < -0.39 is 6.04 Å². The molecule has 0 aliphatic carbocycles. The summed E-state index contributed by atoms with van der Waals surface area (Å²) in [6.45, 7) is 7.16. The molecule has 3 N–H and O–H groups in total. The van der Waals surface area contributed by atoms with Crippen LogP contribution < -0.4 is 11.1 Å². The Morgan fingerprint density at radius 2 is 2.00 bits per heavy atom. The van der Waals surface area contributed by atoms with Crippen LogP contribution in [0, 0.1) is 5.41 Å². The third-order valence-corrected chi connectivity index (χ3v) is 4.15. The fourth-order valence-electron chi connectivity index (χ4n) is 2.48. The van der Waals surface area contributed by atoms with Gasteiger partial charge in [-0.15, -0.1) is 0 Å². The van der Waals surface area contributed by atoms with E-state index in [4.69, 9.17) is 5.73 Å². The minimum Gasteiger partial charge on any atom is -0.348 e. The number of rotatable bonds is 7. The van der Waals surface area contributed by atoms with Gasteiger partial charge in [-0.3, -0.25) is 4.79 Å². The van der Waals surface area contributed by atoms with Crippen molar-refractivity contribution in [2.75, 3.05) is 0 Å². The summed E-state index contributed by atoms with van der Waals surface area (Å²) in [6.07, 6.45) is 5.78. The Morgan fingerprint density at radius 3 is 2.67 bits per heavy atom. The van der Waals surface area contributed by atoms with E-state index in [0.29, 0.717) is 6.54 Å². The summed E-state index contributed by atoms with van der Waals surface area (Å²) in [5.41, 5.74) is 7.06. The molecule has 130 valence electrons. The molecule has 1 aromatic carbocycles. The Morgan fingerprint density at radius 1 is 1.29 bits per heavy atom. The monoisotopic (exact) mass is 328 g/mol. The van der Waals surface area contributed by atoms with Gasteiger partial charge in [0.2, 0.25) is 5.91 Å². The topological polar surface area (TPSA) is 72.9 Å². The van der Waals surface area contributed by atoms with Gasteiger partial charge in [-0.05, 0) is 23.8 Å². The highest BCUT2D eigenvalue weighted by atomic mass is 16.2. The highest BCUT2D eigenvalue weighted by Crippen LogP contribution is 2.17. The molecule has 1 aromatic heterocycles. The van der Waals surface area contributed by atoms with Crippen molar-refractivity contribution < 1.29 is 4.79 Å². The Balaban J connectivity index is 1.83. The van der Waals surface area contributed by atoms with Crippen molar-refractivity contribution in [3.8, 4) is 0 Å². The third kappa shape index (κ3) is 5.20. The highest BCUT2D eigenvalue weighted by Gasteiger charge is 2.27. The molecule has 0 aliphatic rings. The van der Waals surface area contributed by atoms with Crippen LogP contribution in [-0.4, -0.2) is 21.5 Å². The van der Waals surface area contributed by atoms with Crippen molar-refractivity contribution in [1.29, 1.82) is 0 Å². The molecule has 5 heteroatoms. The average Bonchev–Trinajstić information content (AvgIpc) is 2.99. The molecule has 1 heterocycles. The number of imidazole rings is 1. The molecule has 5 nitrogen and oxygen atoms in total. The van der Waals surface area contributed by atoms with Crippen LogP contribution in [0.4, 0.5) is 0 Å². The maximum atomic E-state index is 12.1. The van der Waals surface area contributed by atoms with Gasteiger partial charge in [0.1, 0.15) is 5.82 Å². The Hall–Kier alpha value is -2.14. The largest absolute Gasteiger partial charge is 0.348 e. The summed E-state index contributed by atoms with van der Waals surface area (Å²) < 4.78 is 2.09. The fraction of sp³-hybridized carbons (Fsp3) is 0.474. The number of benzene rings is 1. The van der Waals surface area contributed by atoms with Crippen LogP contribution >= 0.6 is 0 Å². The van der Waals surface area contributed by atoms with Crippen LogP contribution in [0.25, 0.3) is 0 Å². The quantitative estimate of drug-likeness (QED) is 0.820. The predicted molar refractivity (Wildman–Crippen MR) is 96.3 cm³/mol. The van der Waals surface area contributed by atoms with Gasteiger partial charge < -0.3 is 15.6 Å². The van der Waals surface area contributed by atoms with Gasteiger partial charge in [0, 0.05) is 18.9 Å². The second kappa shape index (κ2) is 8.11. The van der Waals surface area contributed by atoms with E-state index in [0.717, 1.165) is 25.2 Å². The van der Waals surface area contributed by atoms with Crippen LogP contribution in [0.1, 0.15) is 38.6 Å². The number of nitrogens with one attached hydrogen (secondary N) is 1. The lowest BCUT2D eigenvalue weighted by Gasteiger charge is -2.25. The molecule has 1 amide bonds. The molecule has 2 rings (SSSR count). The molecule has 0 saturated carbocycles. The average molecular weight is 328 g/mol. The van der Waals surface area contributed by atoms with E-state index in [1.165, 1.54) is 5.56 Å². The first-order chi connectivity index (χ1) is 11.4. The summed E-state index contributed by atoms with van der Waals surface area (Å²) in [7, 11) is 0. The van der Waals surface area contributed by atoms with Gasteiger partial charge in [-0.1, -0.05) is 51.1 Å². The molecular weight excluding hydrogens is 300 g/mol. The molecular formula is C19H28N4O. The standard InChI is InChI=1S/C19H28N4O/c1-19(2,3)17(20)18(24)22-14-16-21-11-13-23(16)12-7-10-15-8-5-4-6-9-15/h4-6,8-9,11,13,17H,7,10,12,14,20H2,1-3H3,(H,22,24)/t17-/m1/s1. The Bertz CT molecular complexity index is 643. The van der Waals surface area contributed by atoms with Crippen molar-refractivity contribution in [3.63, 3.8) is 0 Å². The van der Waals surface area contributed by atoms with Crippen molar-refractivity contribution in [2.24, 2.45) is 11.1 Å². The van der Waals surface area contributed by atoms with Crippen LogP contribution in [0.2, 0.25) is 0 Å². The highest BCUT2D eigenvalue weighted by molar-refractivity contribution is 5.82. The normalized spacial score (nSPS) is 12.8. The molecule has 0 saturated heterocycles. The van der Waals surface area contributed by atoms with E-state index in [-0.39, 0.29) is 11.3 Å². The molecule has 24 heavy (non-hydrogen) atoms. The first kappa shape index (κ1) is 18.2. The molecule has 1 atom stereocenters. The number of amides is 1. The molecule has 2 aromatic rings. The van der Waals surface area contributed by atoms with Gasteiger partial charge in [-0.2, -0.15) is 0 Å². The fourth-order valence-corrected chi connectivity index (χ4v) is 2.48. The van der Waals surface area contributed by atoms with Gasteiger partial charge >= 0.3 is 0 Å². The molecule has 0 spiro atoms. The van der Waals surface area contributed by atoms with Crippen molar-refractivity contribution in [2.45, 2.75) is 52.7 Å². The second-order valence-corrected chi connectivity index (χ2v) is 7.19. The predicted octanol–water partition coefficient (Wildman–Crippen LogP) is 2.51. The molecule has 0 radical (unpaired) electrons. The summed E-state index contributed by atoms with van der Waals surface area (Å²) in [4.78, 5) is 16.5.